The molecule has 0 radical (unpaired) electrons. The smallest absolute Gasteiger partial charge is 0.258 e. The number of hydrogen-bond acceptors (Lipinski definition) is 4. The lowest BCUT2D eigenvalue weighted by molar-refractivity contribution is -0.123. The minimum atomic E-state index is -3.23. The number of amides is 1. The van der Waals surface area contributed by atoms with Crippen molar-refractivity contribution in [2.24, 2.45) is 0 Å². The van der Waals surface area contributed by atoms with Crippen molar-refractivity contribution in [3.05, 3.63) is 59.2 Å². The highest BCUT2D eigenvalue weighted by Crippen LogP contribution is 2.20. The normalized spacial score (nSPS) is 12.5. The predicted molar refractivity (Wildman–Crippen MR) is 102 cm³/mol. The summed E-state index contributed by atoms with van der Waals surface area (Å²) in [7, 11) is -3.23. The third kappa shape index (κ3) is 5.33. The van der Waals surface area contributed by atoms with Gasteiger partial charge in [-0.25, -0.2) is 8.42 Å². The fourth-order valence-corrected chi connectivity index (χ4v) is 3.19. The van der Waals surface area contributed by atoms with Crippen LogP contribution in [0.3, 0.4) is 0 Å². The first-order valence-electron chi connectivity index (χ1n) is 8.50. The lowest BCUT2D eigenvalue weighted by Crippen LogP contribution is -2.32. The van der Waals surface area contributed by atoms with Crippen molar-refractivity contribution < 1.29 is 17.9 Å². The van der Waals surface area contributed by atoms with E-state index in [1.54, 1.807) is 24.3 Å². The summed E-state index contributed by atoms with van der Waals surface area (Å²) >= 11 is 0. The molecule has 0 aliphatic carbocycles. The first kappa shape index (κ1) is 20.0. The molecule has 0 spiro atoms. The zero-order valence-electron chi connectivity index (χ0n) is 15.6. The number of aryl methyl sites for hydroxylation is 2. The number of hydrogen-bond donors (Lipinski definition) is 1. The van der Waals surface area contributed by atoms with E-state index in [0.717, 1.165) is 11.1 Å². The summed E-state index contributed by atoms with van der Waals surface area (Å²) in [6.07, 6.45) is 1.86. The summed E-state index contributed by atoms with van der Waals surface area (Å²) in [4.78, 5) is 12.5. The molecule has 5 nitrogen and oxygen atoms in total. The molecule has 2 aromatic rings. The monoisotopic (exact) mass is 375 g/mol. The molecular formula is C20H25NO4S. The van der Waals surface area contributed by atoms with Gasteiger partial charge in [-0.2, -0.15) is 0 Å². The fraction of sp³-hybridized carbons (Fsp3) is 0.350. The predicted octanol–water partition coefficient (Wildman–Crippen LogP) is 3.35. The number of sulfone groups is 1. The molecule has 0 aliphatic heterocycles. The topological polar surface area (TPSA) is 72.5 Å². The van der Waals surface area contributed by atoms with Gasteiger partial charge in [0.25, 0.3) is 5.91 Å². The van der Waals surface area contributed by atoms with E-state index in [4.69, 9.17) is 4.74 Å². The Bertz CT molecular complexity index is 873. The van der Waals surface area contributed by atoms with Crippen molar-refractivity contribution in [1.82, 2.24) is 5.32 Å². The summed E-state index contributed by atoms with van der Waals surface area (Å²) in [6, 6.07) is 12.1. The van der Waals surface area contributed by atoms with Crippen molar-refractivity contribution in [2.75, 3.05) is 12.9 Å². The molecule has 2 aromatic carbocycles. The number of nitrogens with one attached hydrogen (secondary N) is 1. The van der Waals surface area contributed by atoms with Crippen molar-refractivity contribution in [1.29, 1.82) is 0 Å². The van der Waals surface area contributed by atoms with Crippen LogP contribution in [-0.4, -0.2) is 27.2 Å². The van der Waals surface area contributed by atoms with Gasteiger partial charge in [0.2, 0.25) is 0 Å². The molecule has 140 valence electrons. The molecule has 0 bridgehead atoms. The van der Waals surface area contributed by atoms with Gasteiger partial charge in [-0.05, 0) is 61.2 Å². The lowest BCUT2D eigenvalue weighted by Gasteiger charge is -2.18. The minimum Gasteiger partial charge on any atom is -0.484 e. The number of carbonyl (C=O) groups is 1. The second-order valence-corrected chi connectivity index (χ2v) is 8.42. The van der Waals surface area contributed by atoms with Gasteiger partial charge < -0.3 is 10.1 Å². The first-order chi connectivity index (χ1) is 12.2. The van der Waals surface area contributed by atoms with Crippen LogP contribution in [0.2, 0.25) is 0 Å². The molecular weight excluding hydrogens is 350 g/mol. The van der Waals surface area contributed by atoms with E-state index in [9.17, 15) is 13.2 Å². The standard InChI is InChI=1S/C20H25NO4S/c1-5-19(16-7-10-18(11-8-16)26(4,23)24)21-20(22)13-25-17-9-6-14(2)15(3)12-17/h6-12,19H,5,13H2,1-4H3,(H,21,22)/t19-/m1/s1. The average Bonchev–Trinajstić information content (AvgIpc) is 2.60. The van der Waals surface area contributed by atoms with E-state index in [1.165, 1.54) is 11.8 Å². The van der Waals surface area contributed by atoms with Crippen molar-refractivity contribution >= 4 is 15.7 Å². The van der Waals surface area contributed by atoms with E-state index < -0.39 is 9.84 Å². The van der Waals surface area contributed by atoms with Crippen molar-refractivity contribution in [3.63, 3.8) is 0 Å². The number of rotatable bonds is 7. The molecule has 6 heteroatoms. The van der Waals surface area contributed by atoms with Crippen LogP contribution in [0.25, 0.3) is 0 Å². The number of carbonyl (C=O) groups excluding carboxylic acids is 1. The van der Waals surface area contributed by atoms with Gasteiger partial charge in [0.05, 0.1) is 10.9 Å². The van der Waals surface area contributed by atoms with Crippen LogP contribution in [0, 0.1) is 13.8 Å². The minimum absolute atomic E-state index is 0.0690. The molecule has 1 amide bonds. The number of benzene rings is 2. The molecule has 1 atom stereocenters. The second kappa shape index (κ2) is 8.36. The zero-order chi connectivity index (χ0) is 19.3. The van der Waals surface area contributed by atoms with Crippen LogP contribution in [0.15, 0.2) is 47.4 Å². The van der Waals surface area contributed by atoms with E-state index in [0.29, 0.717) is 12.2 Å². The van der Waals surface area contributed by atoms with Gasteiger partial charge in [-0.1, -0.05) is 25.1 Å². The molecule has 1 N–H and O–H groups in total. The Balaban J connectivity index is 1.98. The van der Waals surface area contributed by atoms with Crippen LogP contribution >= 0.6 is 0 Å². The maximum absolute atomic E-state index is 12.2. The second-order valence-electron chi connectivity index (χ2n) is 6.40. The Morgan fingerprint density at radius 2 is 1.73 bits per heavy atom. The molecule has 0 aromatic heterocycles. The van der Waals surface area contributed by atoms with Crippen LogP contribution in [0.4, 0.5) is 0 Å². The summed E-state index contributed by atoms with van der Waals surface area (Å²) in [5, 5.41) is 2.92. The highest BCUT2D eigenvalue weighted by Gasteiger charge is 2.15. The molecule has 0 aliphatic rings. The maximum Gasteiger partial charge on any atom is 0.258 e. The van der Waals surface area contributed by atoms with Crippen molar-refractivity contribution in [2.45, 2.75) is 38.1 Å². The van der Waals surface area contributed by atoms with E-state index in [2.05, 4.69) is 5.32 Å². The third-order valence-corrected chi connectivity index (χ3v) is 5.43. The Hall–Kier alpha value is -2.34. The molecule has 2 rings (SSSR count). The molecule has 0 saturated carbocycles. The summed E-state index contributed by atoms with van der Waals surface area (Å²) < 4.78 is 28.6. The van der Waals surface area contributed by atoms with E-state index in [-0.39, 0.29) is 23.5 Å². The maximum atomic E-state index is 12.2. The van der Waals surface area contributed by atoms with Crippen LogP contribution in [0.1, 0.15) is 36.1 Å². The highest BCUT2D eigenvalue weighted by atomic mass is 32.2. The Labute approximate surface area is 155 Å². The average molecular weight is 375 g/mol. The quantitative estimate of drug-likeness (QED) is 0.805. The number of ether oxygens (including phenoxy) is 1. The fourth-order valence-electron chi connectivity index (χ4n) is 2.56. The molecule has 0 fully saturated rings. The van der Waals surface area contributed by atoms with Gasteiger partial charge in [0, 0.05) is 6.26 Å². The van der Waals surface area contributed by atoms with Gasteiger partial charge in [0.15, 0.2) is 16.4 Å². The molecule has 0 heterocycles. The third-order valence-electron chi connectivity index (χ3n) is 4.30. The van der Waals surface area contributed by atoms with Crippen LogP contribution in [0.5, 0.6) is 5.75 Å². The SMILES string of the molecule is CC[C@@H](NC(=O)COc1ccc(C)c(C)c1)c1ccc(S(C)(=O)=O)cc1. The van der Waals surface area contributed by atoms with Gasteiger partial charge in [0.1, 0.15) is 5.75 Å². The first-order valence-corrected chi connectivity index (χ1v) is 10.4. The van der Waals surface area contributed by atoms with Crippen LogP contribution < -0.4 is 10.1 Å². The largest absolute Gasteiger partial charge is 0.484 e. The van der Waals surface area contributed by atoms with Crippen molar-refractivity contribution in [3.8, 4) is 5.75 Å². The summed E-state index contributed by atoms with van der Waals surface area (Å²) in [6.45, 7) is 5.91. The van der Waals surface area contributed by atoms with Gasteiger partial charge in [-0.15, -0.1) is 0 Å². The van der Waals surface area contributed by atoms with E-state index in [1.807, 2.05) is 39.0 Å². The Morgan fingerprint density at radius 1 is 1.08 bits per heavy atom. The Kier molecular flexibility index (Phi) is 6.42. The zero-order valence-corrected chi connectivity index (χ0v) is 16.4. The molecule has 0 saturated heterocycles. The van der Waals surface area contributed by atoms with Crippen LogP contribution in [-0.2, 0) is 14.6 Å². The van der Waals surface area contributed by atoms with E-state index >= 15 is 0 Å². The summed E-state index contributed by atoms with van der Waals surface area (Å²) in [5.41, 5.74) is 3.14. The summed E-state index contributed by atoms with van der Waals surface area (Å²) in [5.74, 6) is 0.441. The molecule has 0 unspecified atom stereocenters. The van der Waals surface area contributed by atoms with Gasteiger partial charge >= 0.3 is 0 Å². The highest BCUT2D eigenvalue weighted by molar-refractivity contribution is 7.90. The Morgan fingerprint density at radius 3 is 2.27 bits per heavy atom. The van der Waals surface area contributed by atoms with Gasteiger partial charge in [-0.3, -0.25) is 4.79 Å². The molecule has 26 heavy (non-hydrogen) atoms. The lowest BCUT2D eigenvalue weighted by atomic mass is 10.0.